The second-order valence-electron chi connectivity index (χ2n) is 12.2. The van der Waals surface area contributed by atoms with E-state index in [-0.39, 0.29) is 24.0 Å². The Morgan fingerprint density at radius 1 is 1.05 bits per heavy atom. The smallest absolute Gasteiger partial charge is 0.410 e. The van der Waals surface area contributed by atoms with Crippen molar-refractivity contribution in [2.75, 3.05) is 18.5 Å². The molecule has 2 aliphatic carbocycles. The van der Waals surface area contributed by atoms with Crippen molar-refractivity contribution in [2.24, 2.45) is 11.7 Å². The van der Waals surface area contributed by atoms with Crippen molar-refractivity contribution in [2.45, 2.75) is 69.1 Å². The van der Waals surface area contributed by atoms with Crippen LogP contribution in [0.1, 0.15) is 57.4 Å². The SMILES string of the molecule is C[C@]1(O)C[C@@](N)(c2ccc(-c3nnc(NC(=O)CC4CCC(N5CCOC5=O)CC4)cc3-c3ccccc3)cc2)C1. The van der Waals surface area contributed by atoms with Crippen LogP contribution in [0.3, 0.4) is 0 Å². The van der Waals surface area contributed by atoms with Crippen LogP contribution >= 0.6 is 0 Å². The van der Waals surface area contributed by atoms with E-state index in [1.165, 1.54) is 0 Å². The number of rotatable bonds is 7. The number of nitrogens with two attached hydrogens (primary N) is 1. The van der Waals surface area contributed by atoms with Gasteiger partial charge < -0.3 is 25.8 Å². The van der Waals surface area contributed by atoms with Gasteiger partial charge >= 0.3 is 6.09 Å². The van der Waals surface area contributed by atoms with Gasteiger partial charge in [-0.2, -0.15) is 0 Å². The lowest BCUT2D eigenvalue weighted by Gasteiger charge is -2.49. The molecule has 3 aromatic rings. The van der Waals surface area contributed by atoms with Gasteiger partial charge in [0.15, 0.2) is 5.82 Å². The Labute approximate surface area is 240 Å². The number of hydrogen-bond donors (Lipinski definition) is 3. The fourth-order valence-electron chi connectivity index (χ4n) is 6.83. The summed E-state index contributed by atoms with van der Waals surface area (Å²) in [6.45, 7) is 2.94. The number of anilines is 1. The zero-order chi connectivity index (χ0) is 28.6. The molecule has 4 N–H and O–H groups in total. The Bertz CT molecular complexity index is 1410. The van der Waals surface area contributed by atoms with Crippen molar-refractivity contribution >= 4 is 17.8 Å². The summed E-state index contributed by atoms with van der Waals surface area (Å²) >= 11 is 0. The van der Waals surface area contributed by atoms with Gasteiger partial charge in [-0.1, -0.05) is 54.6 Å². The average Bonchev–Trinajstić information content (AvgIpc) is 3.38. The number of carbonyl (C=O) groups is 2. The number of benzene rings is 2. The highest BCUT2D eigenvalue weighted by Crippen LogP contribution is 2.46. The maximum absolute atomic E-state index is 13.0. The van der Waals surface area contributed by atoms with Gasteiger partial charge in [0.2, 0.25) is 5.91 Å². The molecule has 9 heteroatoms. The molecule has 0 spiro atoms. The second kappa shape index (κ2) is 10.9. The fourth-order valence-corrected chi connectivity index (χ4v) is 6.83. The van der Waals surface area contributed by atoms with E-state index >= 15 is 0 Å². The zero-order valence-electron chi connectivity index (χ0n) is 23.4. The van der Waals surface area contributed by atoms with Crippen LogP contribution < -0.4 is 11.1 Å². The summed E-state index contributed by atoms with van der Waals surface area (Å²) in [5.41, 5.74) is 9.73. The number of aliphatic hydroxyl groups is 1. The third kappa shape index (κ3) is 5.83. The maximum atomic E-state index is 13.0. The summed E-state index contributed by atoms with van der Waals surface area (Å²) in [4.78, 5) is 26.7. The standard InChI is InChI=1S/C32H37N5O4/c1-31(40)19-32(33,20-31)24-11-9-23(10-12-24)29-26(22-5-3-2-4-6-22)18-27(35-36-29)34-28(38)17-21-7-13-25(14-8-21)37-15-16-41-30(37)39/h2-6,9-12,18,21,25,40H,7-8,13-17,19-20,33H2,1H3,(H,34,35,38)/t21?,25?,31-,32-. The summed E-state index contributed by atoms with van der Waals surface area (Å²) in [6, 6.07) is 20.0. The molecular weight excluding hydrogens is 518 g/mol. The molecule has 2 heterocycles. The van der Waals surface area contributed by atoms with Gasteiger partial charge in [-0.3, -0.25) is 4.79 Å². The highest BCUT2D eigenvalue weighted by molar-refractivity contribution is 5.91. The number of amides is 2. The van der Waals surface area contributed by atoms with Crippen molar-refractivity contribution in [1.29, 1.82) is 0 Å². The molecule has 6 rings (SSSR count). The summed E-state index contributed by atoms with van der Waals surface area (Å²) in [5, 5.41) is 22.1. The third-order valence-electron chi connectivity index (χ3n) is 8.80. The van der Waals surface area contributed by atoms with Crippen LogP contribution in [-0.4, -0.2) is 57.0 Å². The predicted molar refractivity (Wildman–Crippen MR) is 156 cm³/mol. The monoisotopic (exact) mass is 555 g/mol. The molecule has 41 heavy (non-hydrogen) atoms. The normalized spacial score (nSPS) is 27.7. The molecule has 0 bridgehead atoms. The quantitative estimate of drug-likeness (QED) is 0.380. The highest BCUT2D eigenvalue weighted by Gasteiger charge is 2.49. The third-order valence-corrected chi connectivity index (χ3v) is 8.80. The first-order valence-electron chi connectivity index (χ1n) is 14.5. The van der Waals surface area contributed by atoms with Crippen molar-refractivity contribution in [3.63, 3.8) is 0 Å². The average molecular weight is 556 g/mol. The Morgan fingerprint density at radius 3 is 2.39 bits per heavy atom. The molecule has 214 valence electrons. The van der Waals surface area contributed by atoms with Crippen molar-refractivity contribution in [3.8, 4) is 22.4 Å². The molecule has 2 saturated carbocycles. The molecule has 3 aliphatic rings. The van der Waals surface area contributed by atoms with Crippen LogP contribution in [0.15, 0.2) is 60.7 Å². The van der Waals surface area contributed by atoms with Gasteiger partial charge in [-0.15, -0.1) is 10.2 Å². The molecule has 9 nitrogen and oxygen atoms in total. The van der Waals surface area contributed by atoms with E-state index in [9.17, 15) is 14.7 Å². The van der Waals surface area contributed by atoms with Crippen LogP contribution in [0.25, 0.3) is 22.4 Å². The lowest BCUT2D eigenvalue weighted by Crippen LogP contribution is -2.58. The van der Waals surface area contributed by atoms with E-state index in [4.69, 9.17) is 10.5 Å². The van der Waals surface area contributed by atoms with E-state index in [1.807, 2.05) is 72.5 Å². The summed E-state index contributed by atoms with van der Waals surface area (Å²) < 4.78 is 5.08. The zero-order valence-corrected chi connectivity index (χ0v) is 23.4. The van der Waals surface area contributed by atoms with Gasteiger partial charge in [-0.25, -0.2) is 4.79 Å². The molecule has 2 aromatic carbocycles. The maximum Gasteiger partial charge on any atom is 0.410 e. The van der Waals surface area contributed by atoms with Crippen LogP contribution in [-0.2, 0) is 15.1 Å². The number of carbonyl (C=O) groups excluding carboxylic acids is 2. The topological polar surface area (TPSA) is 131 Å². The number of aromatic nitrogens is 2. The van der Waals surface area contributed by atoms with E-state index in [0.717, 1.165) is 47.9 Å². The van der Waals surface area contributed by atoms with Gasteiger partial charge in [0.05, 0.1) is 12.1 Å². The van der Waals surface area contributed by atoms with Crippen LogP contribution in [0.4, 0.5) is 10.6 Å². The molecule has 3 fully saturated rings. The van der Waals surface area contributed by atoms with Gasteiger partial charge in [0.25, 0.3) is 0 Å². The Balaban J connectivity index is 1.15. The molecule has 1 aliphatic heterocycles. The predicted octanol–water partition coefficient (Wildman–Crippen LogP) is 4.85. The number of nitrogens with zero attached hydrogens (tertiary/aromatic N) is 3. The lowest BCUT2D eigenvalue weighted by atomic mass is 9.63. The lowest BCUT2D eigenvalue weighted by molar-refractivity contribution is -0.117. The highest BCUT2D eigenvalue weighted by atomic mass is 16.6. The van der Waals surface area contributed by atoms with E-state index < -0.39 is 11.1 Å². The number of nitrogens with one attached hydrogen (secondary N) is 1. The number of ether oxygens (including phenoxy) is 1. The van der Waals surface area contributed by atoms with E-state index in [1.54, 1.807) is 0 Å². The van der Waals surface area contributed by atoms with E-state index in [2.05, 4.69) is 15.5 Å². The first kappa shape index (κ1) is 27.4. The molecule has 0 unspecified atom stereocenters. The minimum absolute atomic E-state index is 0.0796. The summed E-state index contributed by atoms with van der Waals surface area (Å²) in [5.74, 6) is 0.610. The van der Waals surface area contributed by atoms with Crippen LogP contribution in [0.5, 0.6) is 0 Å². The Kier molecular flexibility index (Phi) is 7.25. The summed E-state index contributed by atoms with van der Waals surface area (Å²) in [6.07, 6.45) is 4.84. The largest absolute Gasteiger partial charge is 0.448 e. The molecule has 0 atom stereocenters. The van der Waals surface area contributed by atoms with Crippen molar-refractivity contribution in [1.82, 2.24) is 15.1 Å². The molecule has 1 aromatic heterocycles. The molecule has 2 amide bonds. The van der Waals surface area contributed by atoms with Crippen molar-refractivity contribution in [3.05, 3.63) is 66.2 Å². The summed E-state index contributed by atoms with van der Waals surface area (Å²) in [7, 11) is 0. The minimum atomic E-state index is -0.720. The molecule has 0 radical (unpaired) electrons. The Morgan fingerprint density at radius 2 is 1.76 bits per heavy atom. The number of hydrogen-bond acceptors (Lipinski definition) is 7. The second-order valence-corrected chi connectivity index (χ2v) is 12.2. The first-order chi connectivity index (χ1) is 19.7. The van der Waals surface area contributed by atoms with Gasteiger partial charge in [0.1, 0.15) is 12.3 Å². The van der Waals surface area contributed by atoms with Gasteiger partial charge in [0, 0.05) is 29.1 Å². The van der Waals surface area contributed by atoms with Crippen LogP contribution in [0.2, 0.25) is 0 Å². The molecule has 1 saturated heterocycles. The van der Waals surface area contributed by atoms with Gasteiger partial charge in [-0.05, 0) is 68.6 Å². The molecular formula is C32H37N5O4. The fraction of sp³-hybridized carbons (Fsp3) is 0.438. The first-order valence-corrected chi connectivity index (χ1v) is 14.5. The Hall–Kier alpha value is -3.82. The minimum Gasteiger partial charge on any atom is -0.448 e. The van der Waals surface area contributed by atoms with Crippen LogP contribution in [0, 0.1) is 5.92 Å². The van der Waals surface area contributed by atoms with E-state index in [0.29, 0.717) is 43.9 Å². The van der Waals surface area contributed by atoms with Crippen molar-refractivity contribution < 1.29 is 19.4 Å². The number of cyclic esters (lactones) is 1.